The summed E-state index contributed by atoms with van der Waals surface area (Å²) in [5.41, 5.74) is 0. The Balaban J connectivity index is 2.69. The number of hydrogen-bond acceptors (Lipinski definition) is 4. The molecule has 124 valence electrons. The van der Waals surface area contributed by atoms with Crippen LogP contribution in [0.5, 0.6) is 5.75 Å². The van der Waals surface area contributed by atoms with E-state index < -0.39 is 10.0 Å². The minimum Gasteiger partial charge on any atom is -0.482 e. The van der Waals surface area contributed by atoms with Gasteiger partial charge in [-0.1, -0.05) is 24.9 Å². The highest BCUT2D eigenvalue weighted by molar-refractivity contribution is 7.89. The second kappa shape index (κ2) is 8.36. The molecule has 0 radical (unpaired) electrons. The van der Waals surface area contributed by atoms with E-state index in [0.717, 1.165) is 17.1 Å². The molecule has 0 aromatic heterocycles. The monoisotopic (exact) mass is 348 g/mol. The van der Waals surface area contributed by atoms with Gasteiger partial charge in [-0.2, -0.15) is 0 Å². The predicted molar refractivity (Wildman–Crippen MR) is 85.7 cm³/mol. The largest absolute Gasteiger partial charge is 0.482 e. The highest BCUT2D eigenvalue weighted by atomic mass is 35.5. The first-order valence-corrected chi connectivity index (χ1v) is 8.72. The molecule has 1 aromatic carbocycles. The van der Waals surface area contributed by atoms with Crippen LogP contribution >= 0.6 is 11.6 Å². The lowest BCUT2D eigenvalue weighted by atomic mass is 10.3. The number of unbranched alkanes of at least 4 members (excludes halogenated alkanes) is 1. The fraction of sp³-hybridized carbons (Fsp3) is 0.500. The summed E-state index contributed by atoms with van der Waals surface area (Å²) in [6, 6.07) is 4.14. The number of amides is 1. The van der Waals surface area contributed by atoms with E-state index in [1.54, 1.807) is 0 Å². The van der Waals surface area contributed by atoms with Gasteiger partial charge in [0.25, 0.3) is 5.91 Å². The molecule has 6 nitrogen and oxygen atoms in total. The molecule has 0 aliphatic carbocycles. The number of rotatable bonds is 8. The minimum absolute atomic E-state index is 0.0715. The molecule has 1 aromatic rings. The number of carbonyl (C=O) groups excluding carboxylic acids is 1. The van der Waals surface area contributed by atoms with Crippen molar-refractivity contribution in [3.05, 3.63) is 23.2 Å². The van der Waals surface area contributed by atoms with Crippen molar-refractivity contribution in [2.24, 2.45) is 0 Å². The molecule has 0 atom stereocenters. The van der Waals surface area contributed by atoms with Crippen molar-refractivity contribution in [2.45, 2.75) is 24.7 Å². The highest BCUT2D eigenvalue weighted by Crippen LogP contribution is 2.28. The van der Waals surface area contributed by atoms with Crippen LogP contribution in [0.3, 0.4) is 0 Å². The number of nitrogens with one attached hydrogen (secondary N) is 1. The summed E-state index contributed by atoms with van der Waals surface area (Å²) in [4.78, 5) is 11.6. The summed E-state index contributed by atoms with van der Waals surface area (Å²) in [7, 11) is -0.671. The number of halogens is 1. The van der Waals surface area contributed by atoms with Crippen LogP contribution < -0.4 is 10.1 Å². The fourth-order valence-electron chi connectivity index (χ4n) is 1.57. The van der Waals surface area contributed by atoms with Crippen molar-refractivity contribution in [1.29, 1.82) is 0 Å². The molecule has 1 amide bonds. The molecule has 1 N–H and O–H groups in total. The number of nitrogens with zero attached hydrogens (tertiary/aromatic N) is 1. The van der Waals surface area contributed by atoms with Crippen LogP contribution in [-0.4, -0.2) is 45.9 Å². The van der Waals surface area contributed by atoms with Crippen LogP contribution in [0.25, 0.3) is 0 Å². The zero-order valence-corrected chi connectivity index (χ0v) is 14.5. The van der Waals surface area contributed by atoms with Crippen molar-refractivity contribution in [1.82, 2.24) is 9.62 Å². The molecule has 8 heteroatoms. The van der Waals surface area contributed by atoms with Gasteiger partial charge in [0.15, 0.2) is 6.61 Å². The maximum Gasteiger partial charge on any atom is 0.257 e. The van der Waals surface area contributed by atoms with Crippen LogP contribution in [0.2, 0.25) is 5.02 Å². The van der Waals surface area contributed by atoms with Crippen LogP contribution in [0.1, 0.15) is 19.8 Å². The second-order valence-electron chi connectivity index (χ2n) is 4.87. The zero-order chi connectivity index (χ0) is 16.8. The summed E-state index contributed by atoms with van der Waals surface area (Å²) in [6.45, 7) is 2.47. The number of hydrogen-bond donors (Lipinski definition) is 1. The van der Waals surface area contributed by atoms with Crippen molar-refractivity contribution >= 4 is 27.5 Å². The van der Waals surface area contributed by atoms with E-state index in [-0.39, 0.29) is 28.2 Å². The van der Waals surface area contributed by atoms with Crippen molar-refractivity contribution in [3.8, 4) is 5.75 Å². The molecule has 22 heavy (non-hydrogen) atoms. The Morgan fingerprint density at radius 2 is 2.05 bits per heavy atom. The molecular weight excluding hydrogens is 328 g/mol. The van der Waals surface area contributed by atoms with Gasteiger partial charge >= 0.3 is 0 Å². The van der Waals surface area contributed by atoms with Gasteiger partial charge in [0.2, 0.25) is 10.0 Å². The van der Waals surface area contributed by atoms with E-state index in [1.807, 2.05) is 6.92 Å². The normalized spacial score (nSPS) is 11.5. The van der Waals surface area contributed by atoms with Crippen molar-refractivity contribution < 1.29 is 17.9 Å². The standard InChI is InChI=1S/C14H21ClN2O4S/c1-4-5-8-16-14(18)10-21-13-7-6-11(9-12(13)15)22(19,20)17(2)3/h6-7,9H,4-5,8,10H2,1-3H3,(H,16,18). The summed E-state index contributed by atoms with van der Waals surface area (Å²) in [5.74, 6) is 0.0273. The van der Waals surface area contributed by atoms with Crippen LogP contribution in [0, 0.1) is 0 Å². The quantitative estimate of drug-likeness (QED) is 0.728. The third kappa shape index (κ3) is 5.15. The Hall–Kier alpha value is -1.31. The van der Waals surface area contributed by atoms with Gasteiger partial charge in [0.05, 0.1) is 9.92 Å². The van der Waals surface area contributed by atoms with E-state index in [2.05, 4.69) is 5.32 Å². The van der Waals surface area contributed by atoms with Gasteiger partial charge < -0.3 is 10.1 Å². The first-order chi connectivity index (χ1) is 10.3. The van der Waals surface area contributed by atoms with Gasteiger partial charge in [-0.05, 0) is 24.6 Å². The first-order valence-electron chi connectivity index (χ1n) is 6.90. The molecule has 0 fully saturated rings. The molecule has 0 heterocycles. The molecule has 0 aliphatic rings. The zero-order valence-electron chi connectivity index (χ0n) is 12.9. The molecule has 0 saturated heterocycles. The Kier molecular flexibility index (Phi) is 7.12. The average molecular weight is 349 g/mol. The molecular formula is C14H21ClN2O4S. The topological polar surface area (TPSA) is 75.7 Å². The lowest BCUT2D eigenvalue weighted by Crippen LogP contribution is -2.29. The molecule has 0 unspecified atom stereocenters. The Labute approximate surface area is 136 Å². The van der Waals surface area contributed by atoms with Gasteiger partial charge in [-0.15, -0.1) is 0 Å². The second-order valence-corrected chi connectivity index (χ2v) is 7.43. The van der Waals surface area contributed by atoms with E-state index in [0.29, 0.717) is 6.54 Å². The SMILES string of the molecule is CCCCNC(=O)COc1ccc(S(=O)(=O)N(C)C)cc1Cl. The van der Waals surface area contributed by atoms with Gasteiger partial charge in [0, 0.05) is 20.6 Å². The summed E-state index contributed by atoms with van der Waals surface area (Å²) in [6.07, 6.45) is 1.90. The van der Waals surface area contributed by atoms with Gasteiger partial charge in [-0.3, -0.25) is 4.79 Å². The maximum absolute atomic E-state index is 12.0. The fourth-order valence-corrected chi connectivity index (χ4v) is 2.80. The third-order valence-corrected chi connectivity index (χ3v) is 5.00. The van der Waals surface area contributed by atoms with Crippen LogP contribution in [-0.2, 0) is 14.8 Å². The van der Waals surface area contributed by atoms with E-state index >= 15 is 0 Å². The number of benzene rings is 1. The molecule has 0 bridgehead atoms. The predicted octanol–water partition coefficient (Wildman–Crippen LogP) is 1.89. The van der Waals surface area contributed by atoms with E-state index in [1.165, 1.54) is 32.3 Å². The third-order valence-electron chi connectivity index (χ3n) is 2.89. The van der Waals surface area contributed by atoms with Gasteiger partial charge in [-0.25, -0.2) is 12.7 Å². The lowest BCUT2D eigenvalue weighted by molar-refractivity contribution is -0.123. The molecule has 1 rings (SSSR count). The summed E-state index contributed by atoms with van der Waals surface area (Å²) < 4.78 is 30.3. The highest BCUT2D eigenvalue weighted by Gasteiger charge is 2.18. The van der Waals surface area contributed by atoms with E-state index in [9.17, 15) is 13.2 Å². The van der Waals surface area contributed by atoms with Crippen LogP contribution in [0.4, 0.5) is 0 Å². The molecule has 0 spiro atoms. The Morgan fingerprint density at radius 1 is 1.36 bits per heavy atom. The van der Waals surface area contributed by atoms with Crippen molar-refractivity contribution in [3.63, 3.8) is 0 Å². The average Bonchev–Trinajstić information content (AvgIpc) is 2.46. The number of ether oxygens (including phenoxy) is 1. The maximum atomic E-state index is 12.0. The minimum atomic E-state index is -3.55. The Bertz CT molecular complexity index is 617. The van der Waals surface area contributed by atoms with Crippen molar-refractivity contribution in [2.75, 3.05) is 27.2 Å². The first kappa shape index (κ1) is 18.7. The molecule has 0 saturated carbocycles. The summed E-state index contributed by atoms with van der Waals surface area (Å²) in [5, 5.41) is 2.86. The van der Waals surface area contributed by atoms with E-state index in [4.69, 9.17) is 16.3 Å². The summed E-state index contributed by atoms with van der Waals surface area (Å²) >= 11 is 6.01. The smallest absolute Gasteiger partial charge is 0.257 e. The number of carbonyl (C=O) groups is 1. The molecule has 0 aliphatic heterocycles. The van der Waals surface area contributed by atoms with Crippen LogP contribution in [0.15, 0.2) is 23.1 Å². The number of sulfonamides is 1. The van der Waals surface area contributed by atoms with Gasteiger partial charge in [0.1, 0.15) is 5.75 Å². The lowest BCUT2D eigenvalue weighted by Gasteiger charge is -2.13. The Morgan fingerprint density at radius 3 is 2.59 bits per heavy atom.